The van der Waals surface area contributed by atoms with Gasteiger partial charge in [0.05, 0.1) is 7.11 Å². The van der Waals surface area contributed by atoms with E-state index in [4.69, 9.17) is 10.5 Å². The zero-order valence-corrected chi connectivity index (χ0v) is 11.1. The van der Waals surface area contributed by atoms with E-state index in [2.05, 4.69) is 6.92 Å². The number of hydrogen-bond acceptors (Lipinski definition) is 4. The highest BCUT2D eigenvalue weighted by atomic mass is 32.2. The van der Waals surface area contributed by atoms with Crippen LogP contribution in [0.5, 0.6) is 0 Å². The molecule has 3 nitrogen and oxygen atoms in total. The van der Waals surface area contributed by atoms with Crippen molar-refractivity contribution in [2.24, 2.45) is 5.73 Å². The maximum atomic E-state index is 11.5. The molecule has 1 aliphatic carbocycles. The summed E-state index contributed by atoms with van der Waals surface area (Å²) >= 11 is 1.97. The average molecular weight is 245 g/mol. The zero-order chi connectivity index (χ0) is 12.0. The smallest absolute Gasteiger partial charge is 0.325 e. The molecule has 1 fully saturated rings. The van der Waals surface area contributed by atoms with Crippen LogP contribution in [-0.4, -0.2) is 29.6 Å². The summed E-state index contributed by atoms with van der Waals surface area (Å²) in [5.74, 6) is 0.944. The number of unbranched alkanes of at least 4 members (excludes halogenated alkanes) is 2. The molecule has 0 aromatic carbocycles. The van der Waals surface area contributed by atoms with Crippen LogP contribution in [0.25, 0.3) is 0 Å². The van der Waals surface area contributed by atoms with Crippen LogP contribution in [0.1, 0.15) is 45.4 Å². The third kappa shape index (κ3) is 3.67. The minimum Gasteiger partial charge on any atom is -0.468 e. The summed E-state index contributed by atoms with van der Waals surface area (Å²) in [5.41, 5.74) is 5.33. The summed E-state index contributed by atoms with van der Waals surface area (Å²) in [6.45, 7) is 2.21. The predicted molar refractivity (Wildman–Crippen MR) is 68.6 cm³/mol. The molecule has 2 unspecified atom stereocenters. The Hall–Kier alpha value is -0.220. The zero-order valence-electron chi connectivity index (χ0n) is 10.3. The van der Waals surface area contributed by atoms with Crippen molar-refractivity contribution in [1.82, 2.24) is 0 Å². The van der Waals surface area contributed by atoms with E-state index in [-0.39, 0.29) is 5.97 Å². The van der Waals surface area contributed by atoms with Gasteiger partial charge in [-0.1, -0.05) is 19.8 Å². The molecule has 94 valence electrons. The Morgan fingerprint density at radius 2 is 2.31 bits per heavy atom. The van der Waals surface area contributed by atoms with Gasteiger partial charge >= 0.3 is 5.97 Å². The number of thioether (sulfide) groups is 1. The molecule has 0 radical (unpaired) electrons. The van der Waals surface area contributed by atoms with Gasteiger partial charge in [-0.05, 0) is 31.4 Å². The van der Waals surface area contributed by atoms with E-state index in [1.165, 1.54) is 32.1 Å². The van der Waals surface area contributed by atoms with E-state index >= 15 is 0 Å². The molecular weight excluding hydrogens is 222 g/mol. The van der Waals surface area contributed by atoms with Crippen molar-refractivity contribution in [2.75, 3.05) is 12.9 Å². The Morgan fingerprint density at radius 1 is 1.56 bits per heavy atom. The quantitative estimate of drug-likeness (QED) is 0.576. The lowest BCUT2D eigenvalue weighted by molar-refractivity contribution is -0.146. The van der Waals surface area contributed by atoms with Crippen molar-refractivity contribution < 1.29 is 9.53 Å². The molecule has 1 saturated carbocycles. The SMILES string of the molecule is CCCCCSC1CCC(N)(C(=O)OC)C1. The summed E-state index contributed by atoms with van der Waals surface area (Å²) in [6, 6.07) is 0. The minimum absolute atomic E-state index is 0.246. The van der Waals surface area contributed by atoms with Crippen LogP contribution in [0.3, 0.4) is 0 Å². The van der Waals surface area contributed by atoms with Crippen LogP contribution in [0.2, 0.25) is 0 Å². The molecule has 4 heteroatoms. The van der Waals surface area contributed by atoms with Gasteiger partial charge in [-0.2, -0.15) is 11.8 Å². The molecule has 0 spiro atoms. The lowest BCUT2D eigenvalue weighted by Crippen LogP contribution is -2.46. The molecule has 0 bridgehead atoms. The molecule has 0 aromatic rings. The second-order valence-corrected chi connectivity index (χ2v) is 6.00. The number of hydrogen-bond donors (Lipinski definition) is 1. The molecule has 0 amide bonds. The number of nitrogens with two attached hydrogens (primary N) is 1. The fourth-order valence-electron chi connectivity index (χ4n) is 2.16. The minimum atomic E-state index is -0.711. The number of carbonyl (C=O) groups excluding carboxylic acids is 1. The van der Waals surface area contributed by atoms with Crippen molar-refractivity contribution in [2.45, 2.75) is 56.2 Å². The van der Waals surface area contributed by atoms with Crippen molar-refractivity contribution in [1.29, 1.82) is 0 Å². The highest BCUT2D eigenvalue weighted by Crippen LogP contribution is 2.36. The summed E-state index contributed by atoms with van der Waals surface area (Å²) in [4.78, 5) is 11.5. The Balaban J connectivity index is 2.26. The first-order valence-electron chi connectivity index (χ1n) is 6.11. The molecule has 1 aliphatic rings. The highest BCUT2D eigenvalue weighted by Gasteiger charge is 2.42. The second kappa shape index (κ2) is 6.50. The Kier molecular flexibility index (Phi) is 5.62. The fraction of sp³-hybridized carbons (Fsp3) is 0.917. The molecule has 2 atom stereocenters. The predicted octanol–water partition coefficient (Wildman–Crippen LogP) is 2.33. The fourth-order valence-corrected chi connectivity index (χ4v) is 3.57. The van der Waals surface area contributed by atoms with Gasteiger partial charge in [-0.25, -0.2) is 0 Å². The van der Waals surface area contributed by atoms with Crippen molar-refractivity contribution >= 4 is 17.7 Å². The monoisotopic (exact) mass is 245 g/mol. The molecule has 1 rings (SSSR count). The van der Waals surface area contributed by atoms with E-state index in [1.54, 1.807) is 0 Å². The lowest BCUT2D eigenvalue weighted by Gasteiger charge is -2.20. The molecule has 0 saturated heterocycles. The van der Waals surface area contributed by atoms with Crippen molar-refractivity contribution in [3.8, 4) is 0 Å². The lowest BCUT2D eigenvalue weighted by atomic mass is 10.00. The van der Waals surface area contributed by atoms with Crippen molar-refractivity contribution in [3.63, 3.8) is 0 Å². The van der Waals surface area contributed by atoms with E-state index in [9.17, 15) is 4.79 Å². The van der Waals surface area contributed by atoms with Gasteiger partial charge in [-0.15, -0.1) is 0 Å². The van der Waals surface area contributed by atoms with Gasteiger partial charge in [0.2, 0.25) is 0 Å². The van der Waals surface area contributed by atoms with E-state index in [1.807, 2.05) is 11.8 Å². The number of carbonyl (C=O) groups is 1. The summed E-state index contributed by atoms with van der Waals surface area (Å²) in [7, 11) is 1.42. The number of methoxy groups -OCH3 is 1. The Labute approximate surface area is 102 Å². The van der Waals surface area contributed by atoms with E-state index in [0.29, 0.717) is 5.25 Å². The van der Waals surface area contributed by atoms with Gasteiger partial charge in [0.15, 0.2) is 0 Å². The maximum absolute atomic E-state index is 11.5. The third-order valence-electron chi connectivity index (χ3n) is 3.20. The third-order valence-corrected chi connectivity index (χ3v) is 4.60. The molecule has 0 aliphatic heterocycles. The Bertz CT molecular complexity index is 235. The second-order valence-electron chi connectivity index (χ2n) is 4.59. The number of rotatable bonds is 6. The molecule has 16 heavy (non-hydrogen) atoms. The first-order chi connectivity index (χ1) is 7.62. The normalized spacial score (nSPS) is 29.3. The molecule has 2 N–H and O–H groups in total. The van der Waals surface area contributed by atoms with Gasteiger partial charge < -0.3 is 10.5 Å². The van der Waals surface area contributed by atoms with Crippen LogP contribution in [0.4, 0.5) is 0 Å². The molecule has 0 heterocycles. The van der Waals surface area contributed by atoms with Crippen LogP contribution in [0.15, 0.2) is 0 Å². The largest absolute Gasteiger partial charge is 0.468 e. The van der Waals surface area contributed by atoms with Gasteiger partial charge in [-0.3, -0.25) is 4.79 Å². The Morgan fingerprint density at radius 3 is 2.94 bits per heavy atom. The average Bonchev–Trinajstić information content (AvgIpc) is 2.67. The summed E-state index contributed by atoms with van der Waals surface area (Å²) in [6.07, 6.45) is 6.41. The van der Waals surface area contributed by atoms with Crippen LogP contribution >= 0.6 is 11.8 Å². The number of esters is 1. The molecule has 0 aromatic heterocycles. The standard InChI is InChI=1S/C12H23NO2S/c1-3-4-5-8-16-10-6-7-12(13,9-10)11(14)15-2/h10H,3-9,13H2,1-2H3. The van der Waals surface area contributed by atoms with Crippen LogP contribution in [0, 0.1) is 0 Å². The maximum Gasteiger partial charge on any atom is 0.325 e. The van der Waals surface area contributed by atoms with Gasteiger partial charge in [0, 0.05) is 5.25 Å². The topological polar surface area (TPSA) is 52.3 Å². The molecular formula is C12H23NO2S. The first kappa shape index (κ1) is 13.8. The summed E-state index contributed by atoms with van der Waals surface area (Å²) in [5, 5.41) is 0.543. The van der Waals surface area contributed by atoms with E-state index < -0.39 is 5.54 Å². The van der Waals surface area contributed by atoms with E-state index in [0.717, 1.165) is 19.3 Å². The van der Waals surface area contributed by atoms with Gasteiger partial charge in [0.1, 0.15) is 5.54 Å². The highest BCUT2D eigenvalue weighted by molar-refractivity contribution is 7.99. The van der Waals surface area contributed by atoms with Gasteiger partial charge in [0.25, 0.3) is 0 Å². The van der Waals surface area contributed by atoms with Crippen molar-refractivity contribution in [3.05, 3.63) is 0 Å². The summed E-state index contributed by atoms with van der Waals surface area (Å²) < 4.78 is 4.76. The van der Waals surface area contributed by atoms with Crippen LogP contribution < -0.4 is 5.73 Å². The van der Waals surface area contributed by atoms with Crippen LogP contribution in [-0.2, 0) is 9.53 Å². The number of ether oxygens (including phenoxy) is 1. The first-order valence-corrected chi connectivity index (χ1v) is 7.16.